The number of benzene rings is 1. The third-order valence-electron chi connectivity index (χ3n) is 4.75. The Hall–Kier alpha value is -3.72. The normalized spacial score (nSPS) is 11.0. The molecule has 4 aromatic rings. The van der Waals surface area contributed by atoms with Crippen LogP contribution in [0.5, 0.6) is 0 Å². The third-order valence-corrected chi connectivity index (χ3v) is 5.00. The summed E-state index contributed by atoms with van der Waals surface area (Å²) >= 11 is 5.92. The number of nitrogens with one attached hydrogen (secondary N) is 2. The lowest BCUT2D eigenvalue weighted by Crippen LogP contribution is -2.31. The number of H-pyrrole nitrogens is 1. The monoisotopic (exact) mass is 438 g/mol. The highest BCUT2D eigenvalue weighted by molar-refractivity contribution is 6.30. The predicted molar refractivity (Wildman–Crippen MR) is 118 cm³/mol. The molecule has 0 unspecified atom stereocenters. The van der Waals surface area contributed by atoms with Crippen molar-refractivity contribution in [1.82, 2.24) is 24.3 Å². The van der Waals surface area contributed by atoms with E-state index in [9.17, 15) is 14.4 Å². The molecule has 31 heavy (non-hydrogen) atoms. The number of halogens is 1. The number of amides is 1. The van der Waals surface area contributed by atoms with Crippen molar-refractivity contribution in [3.63, 3.8) is 0 Å². The minimum atomic E-state index is -0.581. The quantitative estimate of drug-likeness (QED) is 0.480. The molecule has 4 rings (SSSR count). The fourth-order valence-corrected chi connectivity index (χ4v) is 3.37. The van der Waals surface area contributed by atoms with Crippen LogP contribution in [0.25, 0.3) is 11.0 Å². The lowest BCUT2D eigenvalue weighted by molar-refractivity contribution is 0.102. The van der Waals surface area contributed by atoms with Crippen LogP contribution in [-0.2, 0) is 13.1 Å². The maximum atomic E-state index is 12.8. The molecule has 0 saturated heterocycles. The van der Waals surface area contributed by atoms with Gasteiger partial charge in [-0.1, -0.05) is 30.7 Å². The van der Waals surface area contributed by atoms with E-state index < -0.39 is 17.2 Å². The van der Waals surface area contributed by atoms with E-state index in [0.717, 1.165) is 5.56 Å². The van der Waals surface area contributed by atoms with Gasteiger partial charge >= 0.3 is 5.69 Å². The Bertz CT molecular complexity index is 1370. The van der Waals surface area contributed by atoms with Crippen molar-refractivity contribution in [2.24, 2.45) is 0 Å². The van der Waals surface area contributed by atoms with E-state index in [1.807, 2.05) is 19.1 Å². The number of aryl methyl sites for hydroxylation is 1. The number of hydrogen-bond donors (Lipinski definition) is 2. The number of rotatable bonds is 6. The van der Waals surface area contributed by atoms with Crippen LogP contribution in [-0.4, -0.2) is 30.2 Å². The maximum Gasteiger partial charge on any atom is 0.329 e. The highest BCUT2D eigenvalue weighted by atomic mass is 35.5. The number of aromatic nitrogens is 5. The first-order valence-electron chi connectivity index (χ1n) is 9.66. The number of fused-ring (bicyclic) bond motifs is 1. The zero-order valence-corrected chi connectivity index (χ0v) is 17.4. The van der Waals surface area contributed by atoms with E-state index in [1.54, 1.807) is 29.1 Å². The Labute approximate surface area is 181 Å². The van der Waals surface area contributed by atoms with Gasteiger partial charge in [-0.05, 0) is 30.2 Å². The first kappa shape index (κ1) is 20.5. The average Bonchev–Trinajstić information content (AvgIpc) is 3.19. The van der Waals surface area contributed by atoms with Crippen LogP contribution in [0.15, 0.2) is 58.4 Å². The molecule has 0 atom stereocenters. The van der Waals surface area contributed by atoms with Crippen molar-refractivity contribution in [2.45, 2.75) is 26.4 Å². The smallest absolute Gasteiger partial charge is 0.307 e. The highest BCUT2D eigenvalue weighted by Crippen LogP contribution is 2.15. The van der Waals surface area contributed by atoms with Crippen molar-refractivity contribution in [1.29, 1.82) is 0 Å². The molecule has 0 aliphatic rings. The molecule has 0 spiro atoms. The van der Waals surface area contributed by atoms with Gasteiger partial charge < -0.3 is 5.32 Å². The fraction of sp³-hybridized carbons (Fsp3) is 0.190. The Kier molecular flexibility index (Phi) is 5.68. The van der Waals surface area contributed by atoms with Crippen molar-refractivity contribution < 1.29 is 4.79 Å². The molecule has 0 radical (unpaired) electrons. The van der Waals surface area contributed by atoms with E-state index >= 15 is 0 Å². The second-order valence-corrected chi connectivity index (χ2v) is 7.40. The molecule has 0 saturated carbocycles. The molecule has 0 aliphatic carbocycles. The van der Waals surface area contributed by atoms with Crippen molar-refractivity contribution in [3.8, 4) is 0 Å². The van der Waals surface area contributed by atoms with Gasteiger partial charge in [-0.25, -0.2) is 14.5 Å². The standard InChI is InChI=1S/C21H19ClN6O3/c1-2-9-27-18-16(20(30)26-21(27)31)10-14(11-23-18)19(29)25-17-7-8-24-28(17)12-13-3-5-15(22)6-4-13/h3-8,10-11H,2,9,12H2,1H3,(H,25,29)(H,26,30,31). The number of aromatic amines is 1. The molecule has 9 nitrogen and oxygen atoms in total. The maximum absolute atomic E-state index is 12.8. The lowest BCUT2D eigenvalue weighted by atomic mass is 10.2. The van der Waals surface area contributed by atoms with Gasteiger partial charge in [0.2, 0.25) is 0 Å². The molecule has 1 amide bonds. The number of hydrogen-bond acceptors (Lipinski definition) is 5. The topological polar surface area (TPSA) is 115 Å². The summed E-state index contributed by atoms with van der Waals surface area (Å²) in [5.41, 5.74) is 0.313. The van der Waals surface area contributed by atoms with E-state index in [1.165, 1.54) is 16.8 Å². The van der Waals surface area contributed by atoms with Crippen LogP contribution >= 0.6 is 11.6 Å². The Morgan fingerprint density at radius 1 is 1.19 bits per heavy atom. The number of carbonyl (C=O) groups is 1. The minimum Gasteiger partial charge on any atom is -0.307 e. The summed E-state index contributed by atoms with van der Waals surface area (Å²) in [6.07, 6.45) is 3.63. The summed E-state index contributed by atoms with van der Waals surface area (Å²) in [5, 5.41) is 7.85. The molecule has 0 fully saturated rings. The zero-order chi connectivity index (χ0) is 22.0. The molecule has 158 valence electrons. The molecule has 0 bridgehead atoms. The third kappa shape index (κ3) is 4.26. The SMILES string of the molecule is CCCn1c(=O)[nH]c(=O)c2cc(C(=O)Nc3ccnn3Cc3ccc(Cl)cc3)cnc21. The van der Waals surface area contributed by atoms with E-state index in [2.05, 4.69) is 20.4 Å². The number of carbonyl (C=O) groups excluding carboxylic acids is 1. The second kappa shape index (κ2) is 8.57. The van der Waals surface area contributed by atoms with Gasteiger partial charge in [-0.15, -0.1) is 0 Å². The van der Waals surface area contributed by atoms with Crippen LogP contribution in [0.1, 0.15) is 29.3 Å². The van der Waals surface area contributed by atoms with Crippen molar-refractivity contribution in [2.75, 3.05) is 5.32 Å². The summed E-state index contributed by atoms with van der Waals surface area (Å²) in [7, 11) is 0. The summed E-state index contributed by atoms with van der Waals surface area (Å²) in [4.78, 5) is 43.6. The van der Waals surface area contributed by atoms with Crippen LogP contribution in [0.3, 0.4) is 0 Å². The number of anilines is 1. The average molecular weight is 439 g/mol. The molecule has 10 heteroatoms. The Morgan fingerprint density at radius 2 is 1.97 bits per heavy atom. The van der Waals surface area contributed by atoms with Gasteiger partial charge in [0.15, 0.2) is 0 Å². The van der Waals surface area contributed by atoms with Gasteiger partial charge in [-0.3, -0.25) is 19.1 Å². The highest BCUT2D eigenvalue weighted by Gasteiger charge is 2.15. The molecular weight excluding hydrogens is 420 g/mol. The molecular formula is C21H19ClN6O3. The van der Waals surface area contributed by atoms with Gasteiger partial charge in [-0.2, -0.15) is 5.10 Å². The number of nitrogens with zero attached hydrogens (tertiary/aromatic N) is 4. The molecule has 0 aliphatic heterocycles. The molecule has 3 heterocycles. The zero-order valence-electron chi connectivity index (χ0n) is 16.6. The summed E-state index contributed by atoms with van der Waals surface area (Å²) < 4.78 is 3.03. The Morgan fingerprint density at radius 3 is 2.71 bits per heavy atom. The van der Waals surface area contributed by atoms with E-state index in [-0.39, 0.29) is 16.6 Å². The first-order chi connectivity index (χ1) is 15.0. The van der Waals surface area contributed by atoms with Crippen LogP contribution in [0, 0.1) is 0 Å². The first-order valence-corrected chi connectivity index (χ1v) is 10.0. The molecule has 1 aromatic carbocycles. The summed E-state index contributed by atoms with van der Waals surface area (Å²) in [5.74, 6) is 0.0461. The van der Waals surface area contributed by atoms with Gasteiger partial charge in [0, 0.05) is 23.8 Å². The van der Waals surface area contributed by atoms with Gasteiger partial charge in [0.1, 0.15) is 11.5 Å². The van der Waals surface area contributed by atoms with Crippen LogP contribution in [0.2, 0.25) is 5.02 Å². The fourth-order valence-electron chi connectivity index (χ4n) is 3.24. The summed E-state index contributed by atoms with van der Waals surface area (Å²) in [6.45, 7) is 2.77. The molecule has 3 aromatic heterocycles. The van der Waals surface area contributed by atoms with Crippen molar-refractivity contribution in [3.05, 3.63) is 85.8 Å². The summed E-state index contributed by atoms with van der Waals surface area (Å²) in [6, 6.07) is 10.4. The second-order valence-electron chi connectivity index (χ2n) is 6.96. The van der Waals surface area contributed by atoms with E-state index in [4.69, 9.17) is 11.6 Å². The van der Waals surface area contributed by atoms with E-state index in [0.29, 0.717) is 30.4 Å². The van der Waals surface area contributed by atoms with Crippen LogP contribution < -0.4 is 16.6 Å². The van der Waals surface area contributed by atoms with Crippen LogP contribution in [0.4, 0.5) is 5.82 Å². The van der Waals surface area contributed by atoms with Gasteiger partial charge in [0.05, 0.1) is 23.7 Å². The van der Waals surface area contributed by atoms with Gasteiger partial charge in [0.25, 0.3) is 11.5 Å². The molecule has 2 N–H and O–H groups in total. The van der Waals surface area contributed by atoms with Crippen molar-refractivity contribution >= 4 is 34.4 Å². The number of pyridine rings is 1. The lowest BCUT2D eigenvalue weighted by Gasteiger charge is -2.11. The largest absolute Gasteiger partial charge is 0.329 e. The minimum absolute atomic E-state index is 0.176. The Balaban J connectivity index is 1.61. The predicted octanol–water partition coefficient (Wildman–Crippen LogP) is 2.65.